The molecule has 0 saturated heterocycles. The third kappa shape index (κ3) is 4.21. The van der Waals surface area contributed by atoms with E-state index in [4.69, 9.17) is 33.7 Å². The zero-order chi connectivity index (χ0) is 13.3. The van der Waals surface area contributed by atoms with E-state index in [1.807, 2.05) is 6.92 Å². The Kier molecular flexibility index (Phi) is 5.44. The molecule has 1 atom stereocenters. The van der Waals surface area contributed by atoms with Crippen molar-refractivity contribution in [3.8, 4) is 0 Å². The van der Waals surface area contributed by atoms with Gasteiger partial charge < -0.3 is 10.5 Å². The molecule has 0 unspecified atom stereocenters. The molecule has 2 N–H and O–H groups in total. The maximum atomic E-state index is 11.7. The number of halogens is 3. The fourth-order valence-corrected chi connectivity index (χ4v) is 2.14. The summed E-state index contributed by atoms with van der Waals surface area (Å²) in [6, 6.07) is 2.64. The fraction of sp³-hybridized carbons (Fsp3) is 0.500. The topological polar surface area (TPSA) is 65.2 Å². The molecule has 1 heterocycles. The van der Waals surface area contributed by atoms with Gasteiger partial charge in [-0.1, -0.05) is 30.1 Å². The predicted octanol–water partition coefficient (Wildman–Crippen LogP) is 2.98. The fourth-order valence-electron chi connectivity index (χ4n) is 1.63. The Morgan fingerprint density at radius 3 is 2.47 bits per heavy atom. The third-order valence-corrected chi connectivity index (χ3v) is 3.63. The van der Waals surface area contributed by atoms with E-state index in [1.165, 1.54) is 0 Å². The van der Waals surface area contributed by atoms with E-state index in [9.17, 15) is 4.79 Å². The number of aromatic nitrogens is 1. The molecular formula is C12H15Cl3N2O2. The maximum Gasteiger partial charge on any atom is 0.323 e. The van der Waals surface area contributed by atoms with Gasteiger partial charge in [0.25, 0.3) is 0 Å². The second-order valence-electron chi connectivity index (χ2n) is 4.86. The van der Waals surface area contributed by atoms with Crippen LogP contribution in [-0.4, -0.2) is 17.0 Å². The Bertz CT molecular complexity index is 458. The van der Waals surface area contributed by atoms with Crippen LogP contribution in [-0.2, 0) is 16.1 Å². The minimum absolute atomic E-state index is 0. The van der Waals surface area contributed by atoms with E-state index < -0.39 is 6.04 Å². The van der Waals surface area contributed by atoms with Gasteiger partial charge in [-0.3, -0.25) is 4.79 Å². The second-order valence-corrected chi connectivity index (χ2v) is 5.63. The molecule has 0 spiro atoms. The van der Waals surface area contributed by atoms with Gasteiger partial charge in [-0.05, 0) is 36.0 Å². The van der Waals surface area contributed by atoms with Gasteiger partial charge in [0.05, 0.1) is 0 Å². The highest BCUT2D eigenvalue weighted by molar-refractivity contribution is 6.32. The van der Waals surface area contributed by atoms with Crippen molar-refractivity contribution >= 4 is 41.6 Å². The number of carbonyl (C=O) groups excluding carboxylic acids is 1. The van der Waals surface area contributed by atoms with Crippen LogP contribution in [0.1, 0.15) is 25.3 Å². The molecule has 1 fully saturated rings. The summed E-state index contributed by atoms with van der Waals surface area (Å²) in [7, 11) is 0. The van der Waals surface area contributed by atoms with Gasteiger partial charge in [0.15, 0.2) is 0 Å². The lowest BCUT2D eigenvalue weighted by molar-refractivity contribution is -0.148. The Morgan fingerprint density at radius 2 is 2.00 bits per heavy atom. The molecule has 0 aromatic carbocycles. The van der Waals surface area contributed by atoms with Crippen LogP contribution >= 0.6 is 35.6 Å². The summed E-state index contributed by atoms with van der Waals surface area (Å²) in [5, 5.41) is 0.541. The molecule has 7 heteroatoms. The summed E-state index contributed by atoms with van der Waals surface area (Å²) >= 11 is 11.5. The van der Waals surface area contributed by atoms with Crippen molar-refractivity contribution < 1.29 is 9.53 Å². The predicted molar refractivity (Wildman–Crippen MR) is 76.6 cm³/mol. The van der Waals surface area contributed by atoms with E-state index in [0.717, 1.165) is 12.8 Å². The number of hydrogen-bond acceptors (Lipinski definition) is 4. The molecule has 1 aromatic rings. The van der Waals surface area contributed by atoms with Gasteiger partial charge in [0, 0.05) is 0 Å². The Balaban J connectivity index is 0.00000180. The van der Waals surface area contributed by atoms with Crippen molar-refractivity contribution in [1.82, 2.24) is 4.98 Å². The summed E-state index contributed by atoms with van der Waals surface area (Å²) in [4.78, 5) is 15.6. The summed E-state index contributed by atoms with van der Waals surface area (Å²) in [5.74, 6) is -0.390. The SMILES string of the molecule is CC1([C@H](N)C(=O)OCc2cc(Cl)nc(Cl)c2)CC1.Cl. The maximum absolute atomic E-state index is 11.7. The van der Waals surface area contributed by atoms with Gasteiger partial charge in [0.1, 0.15) is 23.0 Å². The molecule has 1 aliphatic carbocycles. The molecule has 0 radical (unpaired) electrons. The molecule has 0 amide bonds. The van der Waals surface area contributed by atoms with Crippen LogP contribution < -0.4 is 5.73 Å². The number of pyridine rings is 1. The van der Waals surface area contributed by atoms with Crippen molar-refractivity contribution in [2.45, 2.75) is 32.4 Å². The van der Waals surface area contributed by atoms with Crippen LogP contribution in [0, 0.1) is 5.41 Å². The van der Waals surface area contributed by atoms with Crippen molar-refractivity contribution in [3.05, 3.63) is 28.0 Å². The third-order valence-electron chi connectivity index (χ3n) is 3.25. The minimum atomic E-state index is -0.565. The number of nitrogens with two attached hydrogens (primary N) is 1. The summed E-state index contributed by atoms with van der Waals surface area (Å²) < 4.78 is 5.16. The lowest BCUT2D eigenvalue weighted by Gasteiger charge is -2.17. The van der Waals surface area contributed by atoms with Crippen molar-refractivity contribution in [2.75, 3.05) is 0 Å². The molecule has 106 valence electrons. The first-order valence-corrected chi connectivity index (χ1v) is 6.40. The Morgan fingerprint density at radius 1 is 1.47 bits per heavy atom. The van der Waals surface area contributed by atoms with Gasteiger partial charge in [-0.25, -0.2) is 4.98 Å². The summed E-state index contributed by atoms with van der Waals surface area (Å²) in [6.45, 7) is 2.09. The first-order valence-electron chi connectivity index (χ1n) is 5.65. The van der Waals surface area contributed by atoms with Gasteiger partial charge in [-0.2, -0.15) is 0 Å². The molecule has 1 aliphatic rings. The highest BCUT2D eigenvalue weighted by Crippen LogP contribution is 2.47. The average molecular weight is 326 g/mol. The van der Waals surface area contributed by atoms with Crippen molar-refractivity contribution in [3.63, 3.8) is 0 Å². The highest BCUT2D eigenvalue weighted by Gasteiger charge is 2.47. The Labute approximate surface area is 128 Å². The van der Waals surface area contributed by atoms with Gasteiger partial charge in [-0.15, -0.1) is 12.4 Å². The average Bonchev–Trinajstić information content (AvgIpc) is 3.03. The molecule has 0 bridgehead atoms. The molecule has 19 heavy (non-hydrogen) atoms. The number of esters is 1. The van der Waals surface area contributed by atoms with Crippen LogP contribution in [0.3, 0.4) is 0 Å². The van der Waals surface area contributed by atoms with Crippen LogP contribution in [0.4, 0.5) is 0 Å². The van der Waals surface area contributed by atoms with Crippen molar-refractivity contribution in [2.24, 2.45) is 11.1 Å². The van der Waals surface area contributed by atoms with E-state index >= 15 is 0 Å². The number of hydrogen-bond donors (Lipinski definition) is 1. The van der Waals surface area contributed by atoms with Gasteiger partial charge in [0.2, 0.25) is 0 Å². The monoisotopic (exact) mass is 324 g/mol. The van der Waals surface area contributed by atoms with Crippen LogP contribution in [0.5, 0.6) is 0 Å². The molecule has 1 aromatic heterocycles. The van der Waals surface area contributed by atoms with E-state index in [2.05, 4.69) is 4.98 Å². The highest BCUT2D eigenvalue weighted by atomic mass is 35.5. The Hall–Kier alpha value is -0.550. The van der Waals surface area contributed by atoms with Crippen LogP contribution in [0.15, 0.2) is 12.1 Å². The molecular weight excluding hydrogens is 311 g/mol. The summed E-state index contributed by atoms with van der Waals surface area (Å²) in [5.41, 5.74) is 6.44. The first kappa shape index (κ1) is 16.5. The molecule has 0 aliphatic heterocycles. The number of nitrogens with zero attached hydrogens (tertiary/aromatic N) is 1. The van der Waals surface area contributed by atoms with Gasteiger partial charge >= 0.3 is 5.97 Å². The first-order chi connectivity index (χ1) is 8.40. The van der Waals surface area contributed by atoms with E-state index in [-0.39, 0.29) is 40.7 Å². The smallest absolute Gasteiger partial charge is 0.323 e. The number of carbonyl (C=O) groups is 1. The van der Waals surface area contributed by atoms with Crippen LogP contribution in [0.25, 0.3) is 0 Å². The molecule has 4 nitrogen and oxygen atoms in total. The summed E-state index contributed by atoms with van der Waals surface area (Å²) in [6.07, 6.45) is 1.94. The normalized spacial score (nSPS) is 17.3. The lowest BCUT2D eigenvalue weighted by atomic mass is 10.0. The zero-order valence-corrected chi connectivity index (χ0v) is 12.7. The number of ether oxygens (including phenoxy) is 1. The largest absolute Gasteiger partial charge is 0.460 e. The van der Waals surface area contributed by atoms with Crippen LogP contribution in [0.2, 0.25) is 10.3 Å². The standard InChI is InChI=1S/C12H14Cl2N2O2.ClH/c1-12(2-3-12)10(15)11(17)18-6-7-4-8(13)16-9(14)5-7;/h4-5,10H,2-3,6,15H2,1H3;1H/t10-;/m1./s1. The minimum Gasteiger partial charge on any atom is -0.460 e. The number of rotatable bonds is 4. The second kappa shape index (κ2) is 6.27. The quantitative estimate of drug-likeness (QED) is 0.683. The molecule has 1 saturated carbocycles. The van der Waals surface area contributed by atoms with Crippen molar-refractivity contribution in [1.29, 1.82) is 0 Å². The zero-order valence-electron chi connectivity index (χ0n) is 10.4. The van der Waals surface area contributed by atoms with E-state index in [0.29, 0.717) is 5.56 Å². The van der Waals surface area contributed by atoms with E-state index in [1.54, 1.807) is 12.1 Å². The molecule has 2 rings (SSSR count). The lowest BCUT2D eigenvalue weighted by Crippen LogP contribution is -2.39.